The molecule has 0 fully saturated rings. The molecule has 0 aliphatic rings. The molecule has 1 unspecified atom stereocenters. The van der Waals surface area contributed by atoms with Gasteiger partial charge in [-0.3, -0.25) is 0 Å². The highest BCUT2D eigenvalue weighted by Crippen LogP contribution is 2.33. The maximum absolute atomic E-state index is 6.26. The lowest BCUT2D eigenvalue weighted by atomic mass is 10.1. The molecule has 6 heteroatoms. The van der Waals surface area contributed by atoms with E-state index in [4.69, 9.17) is 32.7 Å². The van der Waals surface area contributed by atoms with Crippen molar-refractivity contribution in [2.45, 2.75) is 25.5 Å². The van der Waals surface area contributed by atoms with Crippen molar-refractivity contribution in [3.8, 4) is 11.5 Å². The maximum atomic E-state index is 6.26. The Balaban J connectivity index is 1.72. The lowest BCUT2D eigenvalue weighted by Crippen LogP contribution is -2.24. The van der Waals surface area contributed by atoms with Gasteiger partial charge in [-0.1, -0.05) is 41.4 Å². The average molecular weight is 391 g/mol. The maximum Gasteiger partial charge on any atom is 0.156 e. The van der Waals surface area contributed by atoms with Gasteiger partial charge < -0.3 is 14.0 Å². The van der Waals surface area contributed by atoms with Gasteiger partial charge in [0.25, 0.3) is 0 Å². The van der Waals surface area contributed by atoms with Gasteiger partial charge in [0.15, 0.2) is 5.75 Å². The Morgan fingerprint density at radius 1 is 1.08 bits per heavy atom. The summed E-state index contributed by atoms with van der Waals surface area (Å²) in [6, 6.07) is 13.4. The van der Waals surface area contributed by atoms with Crippen molar-refractivity contribution in [2.24, 2.45) is 0 Å². The van der Waals surface area contributed by atoms with Crippen LogP contribution in [0.4, 0.5) is 0 Å². The largest absolute Gasteiger partial charge is 0.497 e. The Morgan fingerprint density at radius 3 is 2.42 bits per heavy atom. The third kappa shape index (κ3) is 4.93. The third-order valence-electron chi connectivity index (χ3n) is 4.09. The van der Waals surface area contributed by atoms with Gasteiger partial charge in [0.2, 0.25) is 0 Å². The number of imidazole rings is 1. The first-order chi connectivity index (χ1) is 12.7. The van der Waals surface area contributed by atoms with Gasteiger partial charge in [0.1, 0.15) is 11.9 Å². The minimum Gasteiger partial charge on any atom is -0.497 e. The van der Waals surface area contributed by atoms with E-state index in [9.17, 15) is 0 Å². The van der Waals surface area contributed by atoms with E-state index in [1.54, 1.807) is 37.8 Å². The Bertz CT molecular complexity index is 800. The summed E-state index contributed by atoms with van der Waals surface area (Å²) < 4.78 is 13.4. The van der Waals surface area contributed by atoms with Crippen molar-refractivity contribution in [1.29, 1.82) is 0 Å². The van der Waals surface area contributed by atoms with Gasteiger partial charge in [0, 0.05) is 12.4 Å². The van der Waals surface area contributed by atoms with Crippen LogP contribution in [0.25, 0.3) is 0 Å². The highest BCUT2D eigenvalue weighted by Gasteiger charge is 2.16. The first kappa shape index (κ1) is 18.6. The predicted molar refractivity (Wildman–Crippen MR) is 104 cm³/mol. The molecular weight excluding hydrogens is 371 g/mol. The number of rotatable bonds is 8. The number of aryl methyl sites for hydroxylation is 1. The summed E-state index contributed by atoms with van der Waals surface area (Å²) in [5.41, 5.74) is 1.22. The molecule has 1 heterocycles. The third-order valence-corrected chi connectivity index (χ3v) is 4.69. The van der Waals surface area contributed by atoms with E-state index in [0.29, 0.717) is 22.3 Å². The van der Waals surface area contributed by atoms with E-state index in [1.165, 1.54) is 5.56 Å². The van der Waals surface area contributed by atoms with Crippen LogP contribution in [-0.4, -0.2) is 22.8 Å². The summed E-state index contributed by atoms with van der Waals surface area (Å²) in [4.78, 5) is 4.10. The minimum atomic E-state index is -0.0938. The second-order valence-corrected chi connectivity index (χ2v) is 6.75. The summed E-state index contributed by atoms with van der Waals surface area (Å²) in [6.45, 7) is 0.664. The van der Waals surface area contributed by atoms with Crippen molar-refractivity contribution >= 4 is 23.2 Å². The molecule has 2 aromatic carbocycles. The average Bonchev–Trinajstić information content (AvgIpc) is 3.16. The second-order valence-electron chi connectivity index (χ2n) is 5.94. The number of halogens is 2. The summed E-state index contributed by atoms with van der Waals surface area (Å²) in [7, 11) is 1.66. The normalized spacial score (nSPS) is 12.0. The standard InChI is InChI=1S/C20H20Cl2N2O2/c1-25-16-8-5-15(6-9-16)7-10-17(13-24-12-11-23-14-24)26-20-18(21)3-2-4-19(20)22/h2-6,8-9,11-12,14,17H,7,10,13H2,1H3. The van der Waals surface area contributed by atoms with Crippen molar-refractivity contribution < 1.29 is 9.47 Å². The molecule has 0 bridgehead atoms. The second kappa shape index (κ2) is 8.97. The van der Waals surface area contributed by atoms with E-state index in [-0.39, 0.29) is 6.10 Å². The molecule has 0 saturated carbocycles. The molecule has 0 saturated heterocycles. The molecular formula is C20H20Cl2N2O2. The Hall–Kier alpha value is -2.17. The number of hydrogen-bond acceptors (Lipinski definition) is 3. The topological polar surface area (TPSA) is 36.3 Å². The van der Waals surface area contributed by atoms with Gasteiger partial charge in [0.05, 0.1) is 30.0 Å². The fraction of sp³-hybridized carbons (Fsp3) is 0.250. The summed E-state index contributed by atoms with van der Waals surface area (Å²) in [6.07, 6.45) is 7.03. The lowest BCUT2D eigenvalue weighted by molar-refractivity contribution is 0.170. The van der Waals surface area contributed by atoms with E-state index in [2.05, 4.69) is 17.1 Å². The van der Waals surface area contributed by atoms with Crippen molar-refractivity contribution in [3.63, 3.8) is 0 Å². The molecule has 136 valence electrons. The van der Waals surface area contributed by atoms with Gasteiger partial charge in [-0.15, -0.1) is 0 Å². The van der Waals surface area contributed by atoms with E-state index >= 15 is 0 Å². The lowest BCUT2D eigenvalue weighted by Gasteiger charge is -2.21. The molecule has 26 heavy (non-hydrogen) atoms. The minimum absolute atomic E-state index is 0.0938. The van der Waals surface area contributed by atoms with Crippen LogP contribution >= 0.6 is 23.2 Å². The van der Waals surface area contributed by atoms with Crippen LogP contribution in [0, 0.1) is 0 Å². The molecule has 0 aliphatic carbocycles. The molecule has 3 aromatic rings. The van der Waals surface area contributed by atoms with Crippen LogP contribution in [0.5, 0.6) is 11.5 Å². The van der Waals surface area contributed by atoms with Gasteiger partial charge in [-0.05, 0) is 42.7 Å². The number of nitrogens with zero attached hydrogens (tertiary/aromatic N) is 2. The zero-order chi connectivity index (χ0) is 18.4. The number of hydrogen-bond donors (Lipinski definition) is 0. The van der Waals surface area contributed by atoms with Crippen molar-refractivity contribution in [2.75, 3.05) is 7.11 Å². The fourth-order valence-corrected chi connectivity index (χ4v) is 3.19. The van der Waals surface area contributed by atoms with Gasteiger partial charge in [-0.2, -0.15) is 0 Å². The molecule has 4 nitrogen and oxygen atoms in total. The van der Waals surface area contributed by atoms with Crippen LogP contribution in [0.3, 0.4) is 0 Å². The number of aromatic nitrogens is 2. The van der Waals surface area contributed by atoms with Crippen molar-refractivity contribution in [3.05, 3.63) is 76.8 Å². The molecule has 1 atom stereocenters. The summed E-state index contributed by atoms with van der Waals surface area (Å²) in [5, 5.41) is 1.02. The Kier molecular flexibility index (Phi) is 6.42. The smallest absolute Gasteiger partial charge is 0.156 e. The SMILES string of the molecule is COc1ccc(CCC(Cn2ccnc2)Oc2c(Cl)cccc2Cl)cc1. The first-order valence-electron chi connectivity index (χ1n) is 8.35. The number of methoxy groups -OCH3 is 1. The first-order valence-corrected chi connectivity index (χ1v) is 9.10. The molecule has 0 amide bonds. The highest BCUT2D eigenvalue weighted by molar-refractivity contribution is 6.37. The highest BCUT2D eigenvalue weighted by atomic mass is 35.5. The van der Waals surface area contributed by atoms with Crippen LogP contribution in [-0.2, 0) is 13.0 Å². The van der Waals surface area contributed by atoms with Crippen LogP contribution in [0.1, 0.15) is 12.0 Å². The van der Waals surface area contributed by atoms with Crippen LogP contribution in [0.2, 0.25) is 10.0 Å². The molecule has 0 aliphatic heterocycles. The zero-order valence-corrected chi connectivity index (χ0v) is 16.0. The molecule has 1 aromatic heterocycles. The van der Waals surface area contributed by atoms with Crippen LogP contribution < -0.4 is 9.47 Å². The summed E-state index contributed by atoms with van der Waals surface area (Å²) in [5.74, 6) is 1.37. The quantitative estimate of drug-likeness (QED) is 0.524. The Labute approximate surface area is 163 Å². The van der Waals surface area contributed by atoms with Crippen molar-refractivity contribution in [1.82, 2.24) is 9.55 Å². The molecule has 3 rings (SSSR count). The Morgan fingerprint density at radius 2 is 1.81 bits per heavy atom. The van der Waals surface area contributed by atoms with Gasteiger partial charge >= 0.3 is 0 Å². The van der Waals surface area contributed by atoms with Gasteiger partial charge in [-0.25, -0.2) is 4.98 Å². The zero-order valence-electron chi connectivity index (χ0n) is 14.4. The van der Waals surface area contributed by atoms with Crippen LogP contribution in [0.15, 0.2) is 61.2 Å². The molecule has 0 N–H and O–H groups in total. The number of benzene rings is 2. The summed E-state index contributed by atoms with van der Waals surface area (Å²) >= 11 is 12.5. The predicted octanol–water partition coefficient (Wildman–Crippen LogP) is 5.28. The number of ether oxygens (including phenoxy) is 2. The van der Waals surface area contributed by atoms with E-state index in [0.717, 1.165) is 18.6 Å². The van der Waals surface area contributed by atoms with E-state index in [1.807, 2.05) is 22.9 Å². The number of para-hydroxylation sites is 1. The molecule has 0 spiro atoms. The molecule has 0 radical (unpaired) electrons. The van der Waals surface area contributed by atoms with E-state index < -0.39 is 0 Å². The fourth-order valence-electron chi connectivity index (χ4n) is 2.70. The monoisotopic (exact) mass is 390 g/mol.